The summed E-state index contributed by atoms with van der Waals surface area (Å²) in [6.07, 6.45) is 1.31. The average molecular weight is 263 g/mol. The molecule has 0 radical (unpaired) electrons. The van der Waals surface area contributed by atoms with E-state index >= 15 is 0 Å². The van der Waals surface area contributed by atoms with Gasteiger partial charge in [0.1, 0.15) is 11.7 Å². The fourth-order valence-electron chi connectivity index (χ4n) is 1.95. The van der Waals surface area contributed by atoms with E-state index < -0.39 is 17.3 Å². The topological polar surface area (TPSA) is 64.8 Å². The number of epoxide rings is 1. The number of hydrogen-bond acceptors (Lipinski definition) is 4. The smallest absolute Gasteiger partial charge is 0.357 e. The molecule has 0 unspecified atom stereocenters. The lowest BCUT2D eigenvalue weighted by Crippen LogP contribution is -2.42. The van der Waals surface area contributed by atoms with Crippen LogP contribution in [-0.2, 0) is 20.7 Å². The summed E-state index contributed by atoms with van der Waals surface area (Å²) in [7, 11) is 0. The summed E-state index contributed by atoms with van der Waals surface area (Å²) in [6.45, 7) is 5.45. The number of rotatable bonds is 4. The molecule has 104 valence electrons. The van der Waals surface area contributed by atoms with Gasteiger partial charge in [-0.2, -0.15) is 0 Å². The summed E-state index contributed by atoms with van der Waals surface area (Å²) in [5.74, 6) is -0.474. The fourth-order valence-corrected chi connectivity index (χ4v) is 1.95. The Bertz CT molecular complexity index is 452. The van der Waals surface area contributed by atoms with Gasteiger partial charge in [-0.1, -0.05) is 30.3 Å². The minimum atomic E-state index is -1.25. The van der Waals surface area contributed by atoms with Gasteiger partial charge in [0.05, 0.1) is 0 Å². The lowest BCUT2D eigenvalue weighted by atomic mass is 10.0. The third kappa shape index (κ3) is 3.55. The van der Waals surface area contributed by atoms with E-state index in [1.54, 1.807) is 0 Å². The SMILES string of the molecule is CC(C)(C)OC(=O)[C@@]1(N)O[C@@H]1CCc1ccccc1. The Hall–Kier alpha value is -1.39. The molecule has 1 aliphatic heterocycles. The van der Waals surface area contributed by atoms with Crippen molar-refractivity contribution in [2.45, 2.75) is 51.0 Å². The van der Waals surface area contributed by atoms with E-state index in [1.165, 1.54) is 5.56 Å². The molecule has 1 fully saturated rings. The van der Waals surface area contributed by atoms with Gasteiger partial charge in [0.25, 0.3) is 0 Å². The molecule has 1 heterocycles. The van der Waals surface area contributed by atoms with Crippen molar-refractivity contribution in [3.8, 4) is 0 Å². The average Bonchev–Trinajstić information content (AvgIpc) is 2.99. The van der Waals surface area contributed by atoms with Crippen LogP contribution in [0.4, 0.5) is 0 Å². The quantitative estimate of drug-likeness (QED) is 0.666. The van der Waals surface area contributed by atoms with Crippen LogP contribution in [0.5, 0.6) is 0 Å². The number of hydrogen-bond donors (Lipinski definition) is 1. The third-order valence-electron chi connectivity index (χ3n) is 3.01. The third-order valence-corrected chi connectivity index (χ3v) is 3.01. The number of carbonyl (C=O) groups excluding carboxylic acids is 1. The highest BCUT2D eigenvalue weighted by atomic mass is 16.7. The second kappa shape index (κ2) is 4.94. The van der Waals surface area contributed by atoms with Crippen molar-refractivity contribution in [1.29, 1.82) is 0 Å². The monoisotopic (exact) mass is 263 g/mol. The summed E-state index contributed by atoms with van der Waals surface area (Å²) in [6, 6.07) is 10.1. The first-order valence-electron chi connectivity index (χ1n) is 6.55. The molecule has 0 spiro atoms. The second-order valence-electron chi connectivity index (χ2n) is 5.93. The van der Waals surface area contributed by atoms with Gasteiger partial charge < -0.3 is 9.47 Å². The van der Waals surface area contributed by atoms with E-state index in [4.69, 9.17) is 15.2 Å². The largest absolute Gasteiger partial charge is 0.457 e. The minimum absolute atomic E-state index is 0.248. The van der Waals surface area contributed by atoms with Gasteiger partial charge in [0, 0.05) is 0 Å². The lowest BCUT2D eigenvalue weighted by molar-refractivity contribution is -0.161. The summed E-state index contributed by atoms with van der Waals surface area (Å²) in [5, 5.41) is 0. The van der Waals surface area contributed by atoms with E-state index in [0.717, 1.165) is 12.8 Å². The molecule has 2 N–H and O–H groups in total. The zero-order valence-corrected chi connectivity index (χ0v) is 11.7. The zero-order chi connectivity index (χ0) is 14.1. The van der Waals surface area contributed by atoms with Crippen LogP contribution < -0.4 is 5.73 Å². The van der Waals surface area contributed by atoms with Crippen LogP contribution in [0.1, 0.15) is 32.8 Å². The Morgan fingerprint density at radius 1 is 1.37 bits per heavy atom. The van der Waals surface area contributed by atoms with Crippen molar-refractivity contribution in [2.24, 2.45) is 5.73 Å². The molecule has 0 aromatic heterocycles. The molecule has 1 aromatic carbocycles. The maximum atomic E-state index is 11.9. The fraction of sp³-hybridized carbons (Fsp3) is 0.533. The molecular formula is C15H21NO3. The van der Waals surface area contributed by atoms with Crippen LogP contribution in [-0.4, -0.2) is 23.4 Å². The second-order valence-corrected chi connectivity index (χ2v) is 5.93. The molecule has 19 heavy (non-hydrogen) atoms. The van der Waals surface area contributed by atoms with Gasteiger partial charge in [0.2, 0.25) is 5.72 Å². The highest BCUT2D eigenvalue weighted by molar-refractivity contribution is 5.82. The van der Waals surface area contributed by atoms with E-state index in [1.807, 2.05) is 51.1 Å². The minimum Gasteiger partial charge on any atom is -0.457 e. The number of esters is 1. The summed E-state index contributed by atoms with van der Waals surface area (Å²) >= 11 is 0. The summed E-state index contributed by atoms with van der Waals surface area (Å²) in [4.78, 5) is 11.9. The molecule has 1 saturated heterocycles. The number of carbonyl (C=O) groups is 1. The van der Waals surface area contributed by atoms with Gasteiger partial charge in [-0.25, -0.2) is 4.79 Å². The molecule has 0 saturated carbocycles. The van der Waals surface area contributed by atoms with Gasteiger partial charge >= 0.3 is 5.97 Å². The molecule has 0 bridgehead atoms. The predicted octanol–water partition coefficient (Wildman–Crippen LogP) is 2.01. The van der Waals surface area contributed by atoms with Crippen molar-refractivity contribution >= 4 is 5.97 Å². The first kappa shape index (κ1) is 14.0. The van der Waals surface area contributed by atoms with Gasteiger partial charge in [-0.05, 0) is 39.2 Å². The van der Waals surface area contributed by atoms with E-state index in [-0.39, 0.29) is 6.10 Å². The molecule has 4 nitrogen and oxygen atoms in total. The van der Waals surface area contributed by atoms with Crippen molar-refractivity contribution < 1.29 is 14.3 Å². The predicted molar refractivity (Wildman–Crippen MR) is 72.4 cm³/mol. The van der Waals surface area contributed by atoms with Gasteiger partial charge in [0.15, 0.2) is 0 Å². The van der Waals surface area contributed by atoms with Crippen LogP contribution in [0.3, 0.4) is 0 Å². The highest BCUT2D eigenvalue weighted by Gasteiger charge is 2.61. The molecule has 2 atom stereocenters. The Morgan fingerprint density at radius 3 is 2.58 bits per heavy atom. The molecule has 0 amide bonds. The Labute approximate surface area is 113 Å². The van der Waals surface area contributed by atoms with Crippen LogP contribution in [0.2, 0.25) is 0 Å². The zero-order valence-electron chi connectivity index (χ0n) is 11.7. The normalized spacial score (nSPS) is 26.0. The summed E-state index contributed by atoms with van der Waals surface area (Å²) in [5.41, 5.74) is 5.33. The van der Waals surface area contributed by atoms with Crippen LogP contribution >= 0.6 is 0 Å². The van der Waals surface area contributed by atoms with E-state index in [9.17, 15) is 4.79 Å². The molecule has 0 aliphatic carbocycles. The number of ether oxygens (including phenoxy) is 2. The highest BCUT2D eigenvalue weighted by Crippen LogP contribution is 2.36. The number of nitrogens with two attached hydrogens (primary N) is 1. The van der Waals surface area contributed by atoms with Crippen molar-refractivity contribution in [1.82, 2.24) is 0 Å². The Kier molecular flexibility index (Phi) is 3.65. The Balaban J connectivity index is 1.84. The molecular weight excluding hydrogens is 242 g/mol. The first-order valence-corrected chi connectivity index (χ1v) is 6.55. The van der Waals surface area contributed by atoms with E-state index in [0.29, 0.717) is 0 Å². The number of benzene rings is 1. The molecule has 1 aliphatic rings. The maximum absolute atomic E-state index is 11.9. The number of aryl methyl sites for hydroxylation is 1. The maximum Gasteiger partial charge on any atom is 0.357 e. The lowest BCUT2D eigenvalue weighted by Gasteiger charge is -2.20. The standard InChI is InChI=1S/C15H21NO3/c1-14(2,3)19-13(17)15(16)12(18-15)10-9-11-7-5-4-6-8-11/h4-8,12H,9-10,16H2,1-3H3/t12-,15+/m1/s1. The van der Waals surface area contributed by atoms with Crippen LogP contribution in [0.15, 0.2) is 30.3 Å². The van der Waals surface area contributed by atoms with Crippen molar-refractivity contribution in [3.63, 3.8) is 0 Å². The molecule has 1 aromatic rings. The van der Waals surface area contributed by atoms with Crippen molar-refractivity contribution in [2.75, 3.05) is 0 Å². The van der Waals surface area contributed by atoms with E-state index in [2.05, 4.69) is 0 Å². The van der Waals surface area contributed by atoms with Gasteiger partial charge in [-0.3, -0.25) is 5.73 Å². The molecule has 4 heteroatoms. The first-order chi connectivity index (χ1) is 8.81. The molecule has 2 rings (SSSR count). The van der Waals surface area contributed by atoms with Crippen molar-refractivity contribution in [3.05, 3.63) is 35.9 Å². The summed E-state index contributed by atoms with van der Waals surface area (Å²) < 4.78 is 10.6. The van der Waals surface area contributed by atoms with Crippen LogP contribution in [0, 0.1) is 0 Å². The van der Waals surface area contributed by atoms with Crippen LogP contribution in [0.25, 0.3) is 0 Å². The van der Waals surface area contributed by atoms with Gasteiger partial charge in [-0.15, -0.1) is 0 Å². The Morgan fingerprint density at radius 2 is 2.00 bits per heavy atom.